The van der Waals surface area contributed by atoms with Gasteiger partial charge in [-0.1, -0.05) is 61.7 Å². The Balaban J connectivity index is 1.97. The highest BCUT2D eigenvalue weighted by Crippen LogP contribution is 2.25. The molecular formula is C26H28N4. The number of hydrogen-bond donors (Lipinski definition) is 3. The first-order valence-corrected chi connectivity index (χ1v) is 9.94. The molecule has 1 heterocycles. The minimum Gasteiger partial charge on any atom is -0.405 e. The lowest BCUT2D eigenvalue weighted by Crippen LogP contribution is -2.21. The van der Waals surface area contributed by atoms with Crippen molar-refractivity contribution in [2.45, 2.75) is 18.9 Å². The molecule has 5 N–H and O–H groups in total. The van der Waals surface area contributed by atoms with Gasteiger partial charge in [-0.05, 0) is 54.1 Å². The van der Waals surface area contributed by atoms with E-state index in [9.17, 15) is 0 Å². The molecule has 30 heavy (non-hydrogen) atoms. The quantitative estimate of drug-likeness (QED) is 0.454. The van der Waals surface area contributed by atoms with Crippen LogP contribution in [0.3, 0.4) is 0 Å². The smallest absolute Gasteiger partial charge is 0.0708 e. The highest BCUT2D eigenvalue weighted by Gasteiger charge is 2.09. The third kappa shape index (κ3) is 5.93. The molecule has 3 rings (SSSR count). The van der Waals surface area contributed by atoms with E-state index < -0.39 is 0 Å². The Morgan fingerprint density at radius 1 is 1.03 bits per heavy atom. The summed E-state index contributed by atoms with van der Waals surface area (Å²) in [7, 11) is 0. The lowest BCUT2D eigenvalue weighted by atomic mass is 10.00. The zero-order valence-corrected chi connectivity index (χ0v) is 17.1. The van der Waals surface area contributed by atoms with Crippen molar-refractivity contribution in [1.82, 2.24) is 4.98 Å². The molecule has 0 saturated heterocycles. The van der Waals surface area contributed by atoms with Gasteiger partial charge in [0.25, 0.3) is 0 Å². The highest BCUT2D eigenvalue weighted by molar-refractivity contribution is 5.67. The fraction of sp³-hybridized carbons (Fsp3) is 0.115. The molecule has 0 saturated carbocycles. The van der Waals surface area contributed by atoms with E-state index in [1.165, 1.54) is 17.3 Å². The van der Waals surface area contributed by atoms with Crippen LogP contribution in [0.5, 0.6) is 0 Å². The van der Waals surface area contributed by atoms with Crippen LogP contribution in [-0.2, 0) is 12.8 Å². The van der Waals surface area contributed by atoms with E-state index in [0.717, 1.165) is 34.8 Å². The predicted molar refractivity (Wildman–Crippen MR) is 127 cm³/mol. The number of hydrogen-bond acceptors (Lipinski definition) is 4. The number of benzene rings is 2. The van der Waals surface area contributed by atoms with Crippen LogP contribution in [0.4, 0.5) is 5.69 Å². The Morgan fingerprint density at radius 2 is 1.83 bits per heavy atom. The second kappa shape index (κ2) is 10.2. The number of nitrogens with one attached hydrogen (secondary N) is 1. The molecule has 0 spiro atoms. The van der Waals surface area contributed by atoms with E-state index in [4.69, 9.17) is 16.5 Å². The molecule has 1 aromatic heterocycles. The summed E-state index contributed by atoms with van der Waals surface area (Å²) in [5, 5.41) is 3.24. The van der Waals surface area contributed by atoms with Gasteiger partial charge in [0, 0.05) is 35.1 Å². The van der Waals surface area contributed by atoms with Crippen LogP contribution in [0.2, 0.25) is 0 Å². The molecule has 0 bridgehead atoms. The summed E-state index contributed by atoms with van der Waals surface area (Å²) >= 11 is 0. The number of nitrogens with two attached hydrogens (primary N) is 2. The maximum absolute atomic E-state index is 6.17. The van der Waals surface area contributed by atoms with Crippen molar-refractivity contribution in [1.29, 1.82) is 0 Å². The molecule has 1 unspecified atom stereocenters. The van der Waals surface area contributed by atoms with Crippen molar-refractivity contribution in [3.8, 4) is 11.3 Å². The molecular weight excluding hydrogens is 368 g/mol. The van der Waals surface area contributed by atoms with Crippen LogP contribution < -0.4 is 16.8 Å². The maximum Gasteiger partial charge on any atom is 0.0708 e. The number of nitrogens with zero attached hydrogens (tertiary/aromatic N) is 1. The average molecular weight is 397 g/mol. The second-order valence-electron chi connectivity index (χ2n) is 7.20. The lowest BCUT2D eigenvalue weighted by Gasteiger charge is -2.13. The van der Waals surface area contributed by atoms with Gasteiger partial charge in [0.05, 0.1) is 5.69 Å². The minimum atomic E-state index is -0.175. The van der Waals surface area contributed by atoms with Crippen LogP contribution in [0, 0.1) is 0 Å². The van der Waals surface area contributed by atoms with E-state index in [1.54, 1.807) is 12.2 Å². The molecule has 152 valence electrons. The minimum absolute atomic E-state index is 0.175. The summed E-state index contributed by atoms with van der Waals surface area (Å²) in [6.07, 6.45) is 6.42. The Hall–Kier alpha value is -3.63. The van der Waals surface area contributed by atoms with Crippen molar-refractivity contribution in [3.05, 3.63) is 121 Å². The van der Waals surface area contributed by atoms with Crippen molar-refractivity contribution < 1.29 is 0 Å². The average Bonchev–Trinajstić information content (AvgIpc) is 2.74. The zero-order chi connectivity index (χ0) is 21.3. The van der Waals surface area contributed by atoms with Crippen molar-refractivity contribution in [3.63, 3.8) is 0 Å². The topological polar surface area (TPSA) is 77.0 Å². The normalized spacial score (nSPS) is 11.9. The monoisotopic (exact) mass is 396 g/mol. The highest BCUT2D eigenvalue weighted by atomic mass is 14.9. The lowest BCUT2D eigenvalue weighted by molar-refractivity contribution is 0.785. The molecule has 2 aromatic carbocycles. The van der Waals surface area contributed by atoms with Gasteiger partial charge < -0.3 is 16.8 Å². The van der Waals surface area contributed by atoms with Gasteiger partial charge in [-0.3, -0.25) is 4.98 Å². The molecule has 0 fully saturated rings. The van der Waals surface area contributed by atoms with Gasteiger partial charge in [0.2, 0.25) is 0 Å². The number of rotatable bonds is 9. The first kappa shape index (κ1) is 21.1. The van der Waals surface area contributed by atoms with Crippen LogP contribution in [0.25, 0.3) is 11.3 Å². The van der Waals surface area contributed by atoms with Gasteiger partial charge in [0.15, 0.2) is 0 Å². The van der Waals surface area contributed by atoms with Crippen molar-refractivity contribution in [2.24, 2.45) is 11.5 Å². The van der Waals surface area contributed by atoms with E-state index >= 15 is 0 Å². The summed E-state index contributed by atoms with van der Waals surface area (Å²) in [6.45, 7) is 7.66. The first-order chi connectivity index (χ1) is 14.6. The summed E-state index contributed by atoms with van der Waals surface area (Å²) in [6, 6.07) is 22.6. The largest absolute Gasteiger partial charge is 0.405 e. The predicted octanol–water partition coefficient (Wildman–Crippen LogP) is 4.79. The van der Waals surface area contributed by atoms with E-state index in [-0.39, 0.29) is 6.04 Å². The number of allylic oxidation sites excluding steroid dienone is 1. The number of aromatic nitrogens is 1. The van der Waals surface area contributed by atoms with Crippen LogP contribution in [-0.4, -0.2) is 11.0 Å². The molecule has 4 nitrogen and oxygen atoms in total. The van der Waals surface area contributed by atoms with Crippen molar-refractivity contribution in [2.75, 3.05) is 5.32 Å². The number of anilines is 1. The summed E-state index contributed by atoms with van der Waals surface area (Å²) in [4.78, 5) is 4.88. The molecule has 1 atom stereocenters. The van der Waals surface area contributed by atoms with E-state index in [1.807, 2.05) is 18.2 Å². The summed E-state index contributed by atoms with van der Waals surface area (Å²) in [5.74, 6) is 0. The van der Waals surface area contributed by atoms with Crippen LogP contribution in [0.15, 0.2) is 104 Å². The van der Waals surface area contributed by atoms with Crippen molar-refractivity contribution >= 4 is 5.69 Å². The molecule has 0 aliphatic rings. The molecule has 0 aliphatic heterocycles. The molecule has 0 radical (unpaired) electrons. The SMILES string of the molecule is C=CC(=C)Nc1cccc(-c2cc(Cc3ccccc3)cc(CC(N)/C=C\N)n2)c1. The Labute approximate surface area is 178 Å². The van der Waals surface area contributed by atoms with E-state index in [2.05, 4.69) is 67.0 Å². The van der Waals surface area contributed by atoms with Gasteiger partial charge in [-0.2, -0.15) is 0 Å². The molecule has 0 aliphatic carbocycles. The number of pyridine rings is 1. The third-order valence-corrected chi connectivity index (χ3v) is 4.70. The fourth-order valence-electron chi connectivity index (χ4n) is 3.28. The van der Waals surface area contributed by atoms with Crippen LogP contribution >= 0.6 is 0 Å². The molecule has 0 amide bonds. The fourth-order valence-corrected chi connectivity index (χ4v) is 3.28. The second-order valence-corrected chi connectivity index (χ2v) is 7.20. The zero-order valence-electron chi connectivity index (χ0n) is 17.1. The van der Waals surface area contributed by atoms with Gasteiger partial charge in [-0.25, -0.2) is 0 Å². The van der Waals surface area contributed by atoms with Gasteiger partial charge in [0.1, 0.15) is 0 Å². The Morgan fingerprint density at radius 3 is 2.57 bits per heavy atom. The van der Waals surface area contributed by atoms with E-state index in [0.29, 0.717) is 6.42 Å². The molecule has 4 heteroatoms. The standard InChI is InChI=1S/C26H28N4/c1-3-19(2)29-24-11-7-10-22(17-24)26-16-21(14-20-8-5-4-6-9-20)15-25(30-26)18-23(28)12-13-27/h3-13,15-17,23,29H,1-2,14,18,27-28H2/b13-12-. The maximum atomic E-state index is 6.17. The summed E-state index contributed by atoms with van der Waals surface area (Å²) < 4.78 is 0. The molecule has 3 aromatic rings. The first-order valence-electron chi connectivity index (χ1n) is 9.94. The Bertz CT molecular complexity index is 1040. The van der Waals surface area contributed by atoms with Gasteiger partial charge in [-0.15, -0.1) is 0 Å². The third-order valence-electron chi connectivity index (χ3n) is 4.70. The van der Waals surface area contributed by atoms with Gasteiger partial charge >= 0.3 is 0 Å². The summed E-state index contributed by atoms with van der Waals surface area (Å²) in [5.41, 5.74) is 18.7. The Kier molecular flexibility index (Phi) is 7.19. The van der Waals surface area contributed by atoms with Crippen LogP contribution in [0.1, 0.15) is 16.8 Å².